The average Bonchev–Trinajstić information content (AvgIpc) is 3.22. The summed E-state index contributed by atoms with van der Waals surface area (Å²) in [6, 6.07) is 11.7. The molecule has 2 aromatic carbocycles. The van der Waals surface area contributed by atoms with Gasteiger partial charge in [-0.25, -0.2) is 4.98 Å². The van der Waals surface area contributed by atoms with Gasteiger partial charge in [-0.3, -0.25) is 0 Å². The van der Waals surface area contributed by atoms with E-state index in [-0.39, 0.29) is 0 Å². The fourth-order valence-corrected chi connectivity index (χ4v) is 3.45. The molecule has 0 aliphatic rings. The van der Waals surface area contributed by atoms with Gasteiger partial charge in [0.25, 0.3) is 0 Å². The van der Waals surface area contributed by atoms with Crippen molar-refractivity contribution in [2.75, 3.05) is 6.61 Å². The van der Waals surface area contributed by atoms with Crippen LogP contribution in [0, 0.1) is 6.92 Å². The molecule has 25 heavy (non-hydrogen) atoms. The highest BCUT2D eigenvalue weighted by molar-refractivity contribution is 5.89. The van der Waals surface area contributed by atoms with Crippen LogP contribution in [0.1, 0.15) is 30.8 Å². The highest BCUT2D eigenvalue weighted by Gasteiger charge is 2.35. The van der Waals surface area contributed by atoms with Crippen molar-refractivity contribution in [3.63, 3.8) is 0 Å². The number of hydrogen-bond donors (Lipinski definition) is 3. The molecule has 0 bridgehead atoms. The number of aliphatic hydroxyl groups is 1. The second kappa shape index (κ2) is 5.63. The molecular weight excluding hydrogens is 314 g/mol. The van der Waals surface area contributed by atoms with Gasteiger partial charge in [0.15, 0.2) is 0 Å². The summed E-state index contributed by atoms with van der Waals surface area (Å²) in [5.41, 5.74) is 3.19. The smallest absolute Gasteiger partial charge is 0.148 e. The minimum absolute atomic E-state index is 0.501. The van der Waals surface area contributed by atoms with Crippen LogP contribution in [-0.2, 0) is 5.60 Å². The van der Waals surface area contributed by atoms with Crippen LogP contribution < -0.4 is 4.74 Å². The summed E-state index contributed by atoms with van der Waals surface area (Å²) in [6.07, 6.45) is 1.88. The molecule has 0 amide bonds. The van der Waals surface area contributed by atoms with Crippen molar-refractivity contribution >= 4 is 21.9 Å². The van der Waals surface area contributed by atoms with Crippen LogP contribution >= 0.6 is 0 Å². The lowest BCUT2D eigenvalue weighted by Gasteiger charge is -2.25. The maximum absolute atomic E-state index is 11.5. The van der Waals surface area contributed by atoms with Crippen molar-refractivity contribution in [3.05, 3.63) is 59.5 Å². The molecule has 5 nitrogen and oxygen atoms in total. The summed E-state index contributed by atoms with van der Waals surface area (Å²) in [7, 11) is 0. The Kier molecular flexibility index (Phi) is 3.54. The lowest BCUT2D eigenvalue weighted by molar-refractivity contribution is 0.0913. The van der Waals surface area contributed by atoms with Crippen LogP contribution in [0.25, 0.3) is 21.9 Å². The van der Waals surface area contributed by atoms with E-state index >= 15 is 0 Å². The molecule has 1 unspecified atom stereocenters. The van der Waals surface area contributed by atoms with E-state index in [4.69, 9.17) is 4.74 Å². The minimum Gasteiger partial charge on any atom is -0.493 e. The number of benzene rings is 2. The van der Waals surface area contributed by atoms with Crippen molar-refractivity contribution in [2.45, 2.75) is 26.4 Å². The summed E-state index contributed by atoms with van der Waals surface area (Å²) >= 11 is 0. The van der Waals surface area contributed by atoms with Gasteiger partial charge in [-0.2, -0.15) is 0 Å². The molecule has 1 atom stereocenters. The third-order valence-electron chi connectivity index (χ3n) is 4.64. The number of nitrogens with zero attached hydrogens (tertiary/aromatic N) is 1. The SMILES string of the molecule is CCOc1cc(C)c2[nH]ccc2c1C(C)(O)c1nc2ccccc2[nH]1. The van der Waals surface area contributed by atoms with E-state index in [1.807, 2.05) is 56.4 Å². The molecule has 128 valence electrons. The normalized spacial score (nSPS) is 14.1. The van der Waals surface area contributed by atoms with Crippen LogP contribution in [0.2, 0.25) is 0 Å². The fourth-order valence-electron chi connectivity index (χ4n) is 3.45. The maximum Gasteiger partial charge on any atom is 0.148 e. The molecule has 4 rings (SSSR count). The van der Waals surface area contributed by atoms with Gasteiger partial charge >= 0.3 is 0 Å². The molecule has 2 aromatic heterocycles. The Hall–Kier alpha value is -2.79. The number of fused-ring (bicyclic) bond motifs is 2. The summed E-state index contributed by atoms with van der Waals surface area (Å²) < 4.78 is 5.86. The Balaban J connectivity index is 1.99. The summed E-state index contributed by atoms with van der Waals surface area (Å²) in [5, 5.41) is 12.4. The van der Waals surface area contributed by atoms with Crippen LogP contribution in [0.3, 0.4) is 0 Å². The fraction of sp³-hybridized carbons (Fsp3) is 0.250. The van der Waals surface area contributed by atoms with E-state index in [1.54, 1.807) is 6.92 Å². The third kappa shape index (κ3) is 2.39. The number of ether oxygens (including phenoxy) is 1. The minimum atomic E-state index is -1.32. The number of para-hydroxylation sites is 2. The van der Waals surface area contributed by atoms with Gasteiger partial charge in [0.2, 0.25) is 0 Å². The predicted molar refractivity (Wildman–Crippen MR) is 99.0 cm³/mol. The summed E-state index contributed by atoms with van der Waals surface area (Å²) in [5.74, 6) is 1.18. The lowest BCUT2D eigenvalue weighted by Crippen LogP contribution is -2.26. The monoisotopic (exact) mass is 335 g/mol. The van der Waals surface area contributed by atoms with Gasteiger partial charge in [-0.1, -0.05) is 12.1 Å². The van der Waals surface area contributed by atoms with E-state index in [2.05, 4.69) is 15.0 Å². The number of aromatic amines is 2. The molecule has 0 radical (unpaired) electrons. The summed E-state index contributed by atoms with van der Waals surface area (Å²) in [6.45, 7) is 6.25. The van der Waals surface area contributed by atoms with Crippen LogP contribution in [-0.4, -0.2) is 26.7 Å². The topological polar surface area (TPSA) is 73.9 Å². The number of H-pyrrole nitrogens is 2. The number of hydrogen-bond acceptors (Lipinski definition) is 3. The first-order valence-electron chi connectivity index (χ1n) is 8.44. The zero-order chi connectivity index (χ0) is 17.6. The molecule has 0 spiro atoms. The second-order valence-electron chi connectivity index (χ2n) is 6.44. The second-order valence-corrected chi connectivity index (χ2v) is 6.44. The molecule has 2 heterocycles. The molecular formula is C20H21N3O2. The highest BCUT2D eigenvalue weighted by atomic mass is 16.5. The lowest BCUT2D eigenvalue weighted by atomic mass is 9.90. The molecule has 0 saturated carbocycles. The standard InChI is InChI=1S/C20H21N3O2/c1-4-25-16-11-12(2)18-13(9-10-21-18)17(16)20(3,24)19-22-14-7-5-6-8-15(14)23-19/h5-11,21,24H,4H2,1-3H3,(H,22,23). The molecule has 4 aromatic rings. The molecule has 0 aliphatic heterocycles. The van der Waals surface area contributed by atoms with Crippen molar-refractivity contribution in [1.29, 1.82) is 0 Å². The van der Waals surface area contributed by atoms with E-state index in [0.717, 1.165) is 33.1 Å². The van der Waals surface area contributed by atoms with Crippen molar-refractivity contribution in [1.82, 2.24) is 15.0 Å². The van der Waals surface area contributed by atoms with Crippen LogP contribution in [0.5, 0.6) is 5.75 Å². The van der Waals surface area contributed by atoms with E-state index < -0.39 is 5.60 Å². The van der Waals surface area contributed by atoms with Gasteiger partial charge in [0, 0.05) is 22.7 Å². The van der Waals surface area contributed by atoms with E-state index in [1.165, 1.54) is 0 Å². The van der Waals surface area contributed by atoms with Gasteiger partial charge in [0.1, 0.15) is 17.2 Å². The Morgan fingerprint density at radius 1 is 1.24 bits per heavy atom. The van der Waals surface area contributed by atoms with Gasteiger partial charge < -0.3 is 19.8 Å². The van der Waals surface area contributed by atoms with Crippen molar-refractivity contribution < 1.29 is 9.84 Å². The van der Waals surface area contributed by atoms with Gasteiger partial charge in [-0.15, -0.1) is 0 Å². The molecule has 3 N–H and O–H groups in total. The first-order valence-corrected chi connectivity index (χ1v) is 8.44. The number of nitrogens with one attached hydrogen (secondary N) is 2. The van der Waals surface area contributed by atoms with Gasteiger partial charge in [0.05, 0.1) is 17.6 Å². The first-order chi connectivity index (χ1) is 12.0. The highest BCUT2D eigenvalue weighted by Crippen LogP contribution is 2.41. The Labute approximate surface area is 145 Å². The van der Waals surface area contributed by atoms with Gasteiger partial charge in [-0.05, 0) is 50.6 Å². The Morgan fingerprint density at radius 2 is 2.04 bits per heavy atom. The van der Waals surface area contributed by atoms with Crippen molar-refractivity contribution in [3.8, 4) is 5.75 Å². The zero-order valence-electron chi connectivity index (χ0n) is 14.6. The average molecular weight is 335 g/mol. The van der Waals surface area contributed by atoms with Crippen LogP contribution in [0.4, 0.5) is 0 Å². The molecule has 5 heteroatoms. The first kappa shape index (κ1) is 15.7. The number of aryl methyl sites for hydroxylation is 1. The van der Waals surface area contributed by atoms with E-state index in [9.17, 15) is 5.11 Å². The maximum atomic E-state index is 11.5. The largest absolute Gasteiger partial charge is 0.493 e. The molecule has 0 saturated heterocycles. The number of imidazole rings is 1. The van der Waals surface area contributed by atoms with Crippen LogP contribution in [0.15, 0.2) is 42.6 Å². The molecule has 0 fully saturated rings. The Bertz CT molecular complexity index is 1030. The number of aromatic nitrogens is 3. The Morgan fingerprint density at radius 3 is 2.80 bits per heavy atom. The predicted octanol–water partition coefficient (Wildman–Crippen LogP) is 4.01. The summed E-state index contributed by atoms with van der Waals surface area (Å²) in [4.78, 5) is 11.1. The zero-order valence-corrected chi connectivity index (χ0v) is 14.6. The van der Waals surface area contributed by atoms with Crippen molar-refractivity contribution in [2.24, 2.45) is 0 Å². The van der Waals surface area contributed by atoms with E-state index in [0.29, 0.717) is 18.2 Å². The third-order valence-corrected chi connectivity index (χ3v) is 4.64. The number of rotatable bonds is 4. The molecule has 0 aliphatic carbocycles. The quantitative estimate of drug-likeness (QED) is 0.527.